The Balaban J connectivity index is 1.67. The SMILES string of the molecule is COc1ccc(CN(c2cc(OC)nc(SCc3ccccc3F)n2)S(=O)(=O)N2CCC2)cc1. The number of anilines is 1. The van der Waals surface area contributed by atoms with Crippen LogP contribution in [0.3, 0.4) is 0 Å². The maximum Gasteiger partial charge on any atom is 0.305 e. The topological polar surface area (TPSA) is 84.9 Å². The summed E-state index contributed by atoms with van der Waals surface area (Å²) in [6.07, 6.45) is 0.812. The number of hydrogen-bond acceptors (Lipinski definition) is 7. The molecule has 0 unspecified atom stereocenters. The number of ether oxygens (including phenoxy) is 2. The molecule has 0 spiro atoms. The fourth-order valence-electron chi connectivity index (χ4n) is 3.28. The molecule has 34 heavy (non-hydrogen) atoms. The Kier molecular flexibility index (Phi) is 7.54. The molecule has 0 atom stereocenters. The van der Waals surface area contributed by atoms with Crippen molar-refractivity contribution in [3.63, 3.8) is 0 Å². The highest BCUT2D eigenvalue weighted by molar-refractivity contribution is 7.98. The van der Waals surface area contributed by atoms with Crippen molar-refractivity contribution >= 4 is 27.8 Å². The van der Waals surface area contributed by atoms with E-state index in [1.54, 1.807) is 37.4 Å². The van der Waals surface area contributed by atoms with E-state index < -0.39 is 10.2 Å². The molecule has 2 heterocycles. The number of thioether (sulfide) groups is 1. The molecule has 0 amide bonds. The molecule has 8 nitrogen and oxygen atoms in total. The number of rotatable bonds is 10. The third-order valence-electron chi connectivity index (χ3n) is 5.35. The molecule has 11 heteroatoms. The van der Waals surface area contributed by atoms with Gasteiger partial charge in [-0.15, -0.1) is 0 Å². The molecule has 1 aromatic heterocycles. The Labute approximate surface area is 202 Å². The minimum Gasteiger partial charge on any atom is -0.497 e. The van der Waals surface area contributed by atoms with Gasteiger partial charge in [0.05, 0.1) is 20.8 Å². The van der Waals surface area contributed by atoms with Crippen LogP contribution < -0.4 is 13.8 Å². The molecule has 180 valence electrons. The Morgan fingerprint density at radius 1 is 1.06 bits per heavy atom. The number of hydrogen-bond donors (Lipinski definition) is 0. The van der Waals surface area contributed by atoms with E-state index in [2.05, 4.69) is 9.97 Å². The normalized spacial score (nSPS) is 13.9. The second-order valence-corrected chi connectivity index (χ2v) is 10.3. The van der Waals surface area contributed by atoms with Crippen LogP contribution in [-0.2, 0) is 22.5 Å². The van der Waals surface area contributed by atoms with Gasteiger partial charge in [-0.3, -0.25) is 0 Å². The average Bonchev–Trinajstić information content (AvgIpc) is 2.80. The van der Waals surface area contributed by atoms with Gasteiger partial charge in [-0.1, -0.05) is 42.1 Å². The Bertz CT molecular complexity index is 1240. The zero-order chi connectivity index (χ0) is 24.1. The number of nitrogens with zero attached hydrogens (tertiary/aromatic N) is 4. The fraction of sp³-hybridized carbons (Fsp3) is 0.304. The minimum absolute atomic E-state index is 0.0699. The van der Waals surface area contributed by atoms with Crippen molar-refractivity contribution in [2.75, 3.05) is 31.6 Å². The summed E-state index contributed by atoms with van der Waals surface area (Å²) in [7, 11) is -0.800. The lowest BCUT2D eigenvalue weighted by molar-refractivity contribution is 0.307. The summed E-state index contributed by atoms with van der Waals surface area (Å²) in [5, 5.41) is 0.288. The lowest BCUT2D eigenvalue weighted by Gasteiger charge is -2.35. The van der Waals surface area contributed by atoms with E-state index in [9.17, 15) is 12.8 Å². The second kappa shape index (κ2) is 10.6. The molecule has 1 fully saturated rings. The zero-order valence-electron chi connectivity index (χ0n) is 18.8. The third-order valence-corrected chi connectivity index (χ3v) is 8.14. The van der Waals surface area contributed by atoms with Gasteiger partial charge >= 0.3 is 10.2 Å². The molecule has 2 aromatic carbocycles. The quantitative estimate of drug-likeness (QED) is 0.306. The first-order valence-electron chi connectivity index (χ1n) is 10.6. The summed E-state index contributed by atoms with van der Waals surface area (Å²) in [6, 6.07) is 15.1. The first kappa shape index (κ1) is 24.2. The van der Waals surface area contributed by atoms with Gasteiger partial charge in [-0.25, -0.2) is 13.7 Å². The number of benzene rings is 2. The Hall–Kier alpha value is -2.89. The van der Waals surface area contributed by atoms with Crippen molar-refractivity contribution in [1.82, 2.24) is 14.3 Å². The van der Waals surface area contributed by atoms with Crippen molar-refractivity contribution in [2.45, 2.75) is 23.9 Å². The molecular formula is C23H25FN4O4S2. The van der Waals surface area contributed by atoms with E-state index in [1.807, 2.05) is 12.1 Å². The third kappa shape index (κ3) is 5.43. The van der Waals surface area contributed by atoms with Crippen molar-refractivity contribution in [2.24, 2.45) is 0 Å². The predicted molar refractivity (Wildman–Crippen MR) is 129 cm³/mol. The van der Waals surface area contributed by atoms with Crippen LogP contribution in [0, 0.1) is 5.82 Å². The molecule has 0 aliphatic carbocycles. The standard InChI is InChI=1S/C23H25FN4O4S2/c1-31-19-10-8-17(9-11-19)15-28(34(29,30)27-12-5-13-27)21-14-22(32-2)26-23(25-21)33-16-18-6-3-4-7-20(18)24/h3-4,6-11,14H,5,12-13,15-16H2,1-2H3. The molecule has 1 aliphatic heterocycles. The Morgan fingerprint density at radius 3 is 2.41 bits per heavy atom. The molecule has 4 rings (SSSR count). The van der Waals surface area contributed by atoms with E-state index >= 15 is 0 Å². The van der Waals surface area contributed by atoms with Gasteiger partial charge in [0.25, 0.3) is 0 Å². The summed E-state index contributed by atoms with van der Waals surface area (Å²) >= 11 is 1.20. The van der Waals surface area contributed by atoms with E-state index in [0.717, 1.165) is 12.0 Å². The summed E-state index contributed by atoms with van der Waals surface area (Å²) in [5.74, 6) is 1.05. The second-order valence-electron chi connectivity index (χ2n) is 7.55. The predicted octanol–water partition coefficient (Wildman–Crippen LogP) is 3.88. The molecule has 0 bridgehead atoms. The summed E-state index contributed by atoms with van der Waals surface area (Å²) in [4.78, 5) is 8.83. The van der Waals surface area contributed by atoms with Crippen LogP contribution in [0.5, 0.6) is 11.6 Å². The van der Waals surface area contributed by atoms with Crippen LogP contribution in [0.15, 0.2) is 59.8 Å². The van der Waals surface area contributed by atoms with Crippen LogP contribution in [0.1, 0.15) is 17.5 Å². The molecule has 3 aromatic rings. The summed E-state index contributed by atoms with van der Waals surface area (Å²) in [5.41, 5.74) is 1.27. The highest BCUT2D eigenvalue weighted by Gasteiger charge is 2.35. The van der Waals surface area contributed by atoms with E-state index in [4.69, 9.17) is 9.47 Å². The van der Waals surface area contributed by atoms with E-state index in [-0.39, 0.29) is 35.0 Å². The van der Waals surface area contributed by atoms with Crippen molar-refractivity contribution in [3.8, 4) is 11.6 Å². The highest BCUT2D eigenvalue weighted by Crippen LogP contribution is 2.30. The van der Waals surface area contributed by atoms with Gasteiger partial charge in [0.15, 0.2) is 11.0 Å². The van der Waals surface area contributed by atoms with E-state index in [1.165, 1.54) is 39.6 Å². The lowest BCUT2D eigenvalue weighted by Crippen LogP contribution is -2.50. The zero-order valence-corrected chi connectivity index (χ0v) is 20.5. The minimum atomic E-state index is -3.83. The number of aromatic nitrogens is 2. The molecule has 1 aliphatic rings. The van der Waals surface area contributed by atoms with Crippen LogP contribution in [0.2, 0.25) is 0 Å². The summed E-state index contributed by atoms with van der Waals surface area (Å²) in [6.45, 7) is 0.984. The fourth-order valence-corrected chi connectivity index (χ4v) is 5.75. The van der Waals surface area contributed by atoms with E-state index in [0.29, 0.717) is 24.4 Å². The smallest absolute Gasteiger partial charge is 0.305 e. The van der Waals surface area contributed by atoms with Gasteiger partial charge < -0.3 is 9.47 Å². The van der Waals surface area contributed by atoms with Crippen molar-refractivity contribution in [1.29, 1.82) is 0 Å². The van der Waals surface area contributed by atoms with Crippen molar-refractivity contribution < 1.29 is 22.3 Å². The maximum atomic E-state index is 14.1. The highest BCUT2D eigenvalue weighted by atomic mass is 32.2. The van der Waals surface area contributed by atoms with Crippen LogP contribution >= 0.6 is 11.8 Å². The molecule has 0 N–H and O–H groups in total. The molecule has 0 radical (unpaired) electrons. The van der Waals surface area contributed by atoms with Gasteiger partial charge in [0, 0.05) is 24.9 Å². The first-order valence-corrected chi connectivity index (χ1v) is 13.0. The summed E-state index contributed by atoms with van der Waals surface area (Å²) < 4.78 is 54.1. The first-order chi connectivity index (χ1) is 16.4. The molecule has 0 saturated carbocycles. The van der Waals surface area contributed by atoms with Gasteiger partial charge in [0.2, 0.25) is 5.88 Å². The van der Waals surface area contributed by atoms with Gasteiger partial charge in [0.1, 0.15) is 11.6 Å². The maximum absolute atomic E-state index is 14.1. The number of halogens is 1. The lowest BCUT2D eigenvalue weighted by atomic mass is 10.2. The monoisotopic (exact) mass is 504 g/mol. The molecule has 1 saturated heterocycles. The largest absolute Gasteiger partial charge is 0.497 e. The average molecular weight is 505 g/mol. The number of methoxy groups -OCH3 is 2. The van der Waals surface area contributed by atoms with Gasteiger partial charge in [-0.05, 0) is 35.7 Å². The van der Waals surface area contributed by atoms with Crippen molar-refractivity contribution in [3.05, 3.63) is 71.5 Å². The Morgan fingerprint density at radius 2 is 1.79 bits per heavy atom. The van der Waals surface area contributed by atoms with Crippen LogP contribution in [0.4, 0.5) is 10.2 Å². The molecular weight excluding hydrogens is 479 g/mol. The van der Waals surface area contributed by atoms with Gasteiger partial charge in [-0.2, -0.15) is 17.7 Å². The van der Waals surface area contributed by atoms with Crippen LogP contribution in [0.25, 0.3) is 0 Å². The van der Waals surface area contributed by atoms with Crippen LogP contribution in [-0.4, -0.2) is 50.0 Å².